The van der Waals surface area contributed by atoms with Crippen molar-refractivity contribution in [1.82, 2.24) is 4.98 Å². The number of carbonyl (C=O) groups is 1. The number of thiazole rings is 1. The van der Waals surface area contributed by atoms with Crippen LogP contribution in [0.5, 0.6) is 0 Å². The van der Waals surface area contributed by atoms with Crippen molar-refractivity contribution in [3.05, 3.63) is 25.4 Å². The minimum absolute atomic E-state index is 0.000505. The fourth-order valence-electron chi connectivity index (χ4n) is 1.26. The van der Waals surface area contributed by atoms with E-state index in [1.807, 2.05) is 0 Å². The van der Waals surface area contributed by atoms with Crippen molar-refractivity contribution in [2.24, 2.45) is 0 Å². The number of sulfonamides is 1. The fourth-order valence-corrected chi connectivity index (χ4v) is 5.60. The van der Waals surface area contributed by atoms with Gasteiger partial charge in [0.15, 0.2) is 5.13 Å². The largest absolute Gasteiger partial charge is 0.477 e. The average molecular weight is 418 g/mol. The Labute approximate surface area is 135 Å². The first-order valence-electron chi connectivity index (χ1n) is 4.89. The number of hydrogen-bond donors (Lipinski definition) is 2. The molecule has 0 atom stereocenters. The second-order valence-electron chi connectivity index (χ2n) is 3.53. The third-order valence-corrected chi connectivity index (χ3v) is 7.58. The maximum absolute atomic E-state index is 12.1. The lowest BCUT2D eigenvalue weighted by Gasteiger charge is -2.01. The van der Waals surface area contributed by atoms with Crippen LogP contribution < -0.4 is 4.72 Å². The molecular formula is C9H6BrClN2O4S3. The molecule has 2 rings (SSSR count). The van der Waals surface area contributed by atoms with E-state index in [4.69, 9.17) is 16.7 Å². The minimum Gasteiger partial charge on any atom is -0.477 e. The molecule has 0 aliphatic rings. The quantitative estimate of drug-likeness (QED) is 0.794. The van der Waals surface area contributed by atoms with Crippen molar-refractivity contribution in [2.45, 2.75) is 11.1 Å². The number of aromatic nitrogens is 1. The Morgan fingerprint density at radius 2 is 2.15 bits per heavy atom. The lowest BCUT2D eigenvalue weighted by atomic mass is 10.4. The number of aromatic carboxylic acids is 1. The molecule has 0 amide bonds. The summed E-state index contributed by atoms with van der Waals surface area (Å²) >= 11 is 10.6. The van der Waals surface area contributed by atoms with Crippen molar-refractivity contribution in [2.75, 3.05) is 4.72 Å². The van der Waals surface area contributed by atoms with Crippen molar-refractivity contribution in [3.63, 3.8) is 0 Å². The molecule has 0 spiro atoms. The number of anilines is 1. The van der Waals surface area contributed by atoms with E-state index in [1.165, 1.54) is 13.0 Å². The maximum Gasteiger partial charge on any atom is 0.347 e. The first-order valence-corrected chi connectivity index (χ1v) is 9.18. The van der Waals surface area contributed by atoms with Crippen molar-refractivity contribution >= 4 is 71.3 Å². The third kappa shape index (κ3) is 3.14. The van der Waals surface area contributed by atoms with Crippen LogP contribution >= 0.6 is 50.2 Å². The fraction of sp³-hybridized carbons (Fsp3) is 0.111. The van der Waals surface area contributed by atoms with Crippen molar-refractivity contribution < 1.29 is 18.3 Å². The first kappa shape index (κ1) is 15.7. The Kier molecular flexibility index (Phi) is 4.40. The molecule has 2 heterocycles. The molecular weight excluding hydrogens is 412 g/mol. The molecule has 6 nitrogen and oxygen atoms in total. The zero-order chi connectivity index (χ0) is 15.1. The van der Waals surface area contributed by atoms with E-state index in [9.17, 15) is 13.2 Å². The van der Waals surface area contributed by atoms with E-state index in [0.717, 1.165) is 22.7 Å². The summed E-state index contributed by atoms with van der Waals surface area (Å²) in [7, 11) is -3.84. The number of nitrogens with one attached hydrogen (secondary N) is 1. The van der Waals surface area contributed by atoms with Gasteiger partial charge in [-0.1, -0.05) is 22.9 Å². The Bertz CT molecular complexity index is 764. The molecule has 0 aliphatic carbocycles. The molecule has 0 saturated carbocycles. The van der Waals surface area contributed by atoms with Gasteiger partial charge in [0, 0.05) is 4.47 Å². The van der Waals surface area contributed by atoms with E-state index < -0.39 is 16.0 Å². The van der Waals surface area contributed by atoms with Gasteiger partial charge in [0.2, 0.25) is 0 Å². The number of halogens is 2. The van der Waals surface area contributed by atoms with Crippen LogP contribution in [0.15, 0.2) is 14.7 Å². The van der Waals surface area contributed by atoms with Gasteiger partial charge in [-0.3, -0.25) is 4.72 Å². The van der Waals surface area contributed by atoms with E-state index >= 15 is 0 Å². The molecule has 0 fully saturated rings. The van der Waals surface area contributed by atoms with Gasteiger partial charge in [-0.05, 0) is 28.9 Å². The predicted molar refractivity (Wildman–Crippen MR) is 81.6 cm³/mol. The molecule has 11 heteroatoms. The monoisotopic (exact) mass is 416 g/mol. The predicted octanol–water partition coefficient (Wildman–Crippen LogP) is 3.43. The van der Waals surface area contributed by atoms with Crippen LogP contribution in [0.25, 0.3) is 0 Å². The van der Waals surface area contributed by atoms with E-state index in [-0.39, 0.29) is 19.9 Å². The Hall–Kier alpha value is -0.680. The summed E-state index contributed by atoms with van der Waals surface area (Å²) in [6.07, 6.45) is 0. The topological polar surface area (TPSA) is 96.4 Å². The second kappa shape index (κ2) is 5.60. The van der Waals surface area contributed by atoms with Gasteiger partial charge in [-0.2, -0.15) is 0 Å². The van der Waals surface area contributed by atoms with Gasteiger partial charge in [0.05, 0.1) is 5.69 Å². The summed E-state index contributed by atoms with van der Waals surface area (Å²) in [6.45, 7) is 1.50. The molecule has 0 unspecified atom stereocenters. The average Bonchev–Trinajstić information content (AvgIpc) is 2.83. The maximum atomic E-state index is 12.1. The lowest BCUT2D eigenvalue weighted by Crippen LogP contribution is -2.11. The van der Waals surface area contributed by atoms with Crippen LogP contribution in [0.4, 0.5) is 5.13 Å². The molecule has 0 bridgehead atoms. The number of rotatable bonds is 4. The number of nitrogens with zero attached hydrogens (tertiary/aromatic N) is 1. The summed E-state index contributed by atoms with van der Waals surface area (Å²) < 4.78 is 27.2. The highest BCUT2D eigenvalue weighted by Gasteiger charge is 2.22. The van der Waals surface area contributed by atoms with Crippen LogP contribution in [0.1, 0.15) is 15.4 Å². The summed E-state index contributed by atoms with van der Waals surface area (Å²) in [5.74, 6) is -1.15. The van der Waals surface area contributed by atoms with Gasteiger partial charge < -0.3 is 5.11 Å². The van der Waals surface area contributed by atoms with E-state index in [0.29, 0.717) is 8.81 Å². The normalized spacial score (nSPS) is 11.6. The molecule has 0 aliphatic heterocycles. The SMILES string of the molecule is Cc1nc(NS(=O)(=O)c2cc(Br)c(Cl)s2)sc1C(=O)O. The Balaban J connectivity index is 2.33. The molecule has 2 N–H and O–H groups in total. The zero-order valence-electron chi connectivity index (χ0n) is 9.68. The van der Waals surface area contributed by atoms with Crippen LogP contribution in [-0.4, -0.2) is 24.5 Å². The van der Waals surface area contributed by atoms with Gasteiger partial charge in [-0.15, -0.1) is 11.3 Å². The third-order valence-electron chi connectivity index (χ3n) is 2.10. The highest BCUT2D eigenvalue weighted by molar-refractivity contribution is 9.10. The molecule has 0 radical (unpaired) electrons. The molecule has 2 aromatic heterocycles. The van der Waals surface area contributed by atoms with Crippen LogP contribution in [0, 0.1) is 6.92 Å². The second-order valence-corrected chi connectivity index (χ2v) is 8.95. The van der Waals surface area contributed by atoms with Crippen LogP contribution in [0.2, 0.25) is 4.34 Å². The van der Waals surface area contributed by atoms with Gasteiger partial charge in [0.1, 0.15) is 13.4 Å². The summed E-state index contributed by atoms with van der Waals surface area (Å²) in [5, 5.41) is 8.91. The number of carboxylic acids is 1. The number of hydrogen-bond acceptors (Lipinski definition) is 6. The molecule has 20 heavy (non-hydrogen) atoms. The standard InChI is InChI=1S/C9H6BrClN2O4S3/c1-3-6(8(14)15)19-9(12-3)13-20(16,17)5-2-4(10)7(11)18-5/h2H,1H3,(H,12,13)(H,14,15). The highest BCUT2D eigenvalue weighted by atomic mass is 79.9. The zero-order valence-corrected chi connectivity index (χ0v) is 14.5. The summed E-state index contributed by atoms with van der Waals surface area (Å²) in [4.78, 5) is 14.8. The highest BCUT2D eigenvalue weighted by Crippen LogP contribution is 2.35. The summed E-state index contributed by atoms with van der Waals surface area (Å²) in [6, 6.07) is 1.37. The number of aryl methyl sites for hydroxylation is 1. The first-order chi connectivity index (χ1) is 9.20. The molecule has 0 saturated heterocycles. The molecule has 108 valence electrons. The number of carboxylic acid groups (broad SMARTS) is 1. The van der Waals surface area contributed by atoms with Gasteiger partial charge >= 0.3 is 5.97 Å². The summed E-state index contributed by atoms with van der Waals surface area (Å²) in [5.41, 5.74) is 0.255. The van der Waals surface area contributed by atoms with Crippen molar-refractivity contribution in [3.8, 4) is 0 Å². The smallest absolute Gasteiger partial charge is 0.347 e. The van der Waals surface area contributed by atoms with Gasteiger partial charge in [0.25, 0.3) is 10.0 Å². The minimum atomic E-state index is -3.84. The van der Waals surface area contributed by atoms with Crippen LogP contribution in [0.3, 0.4) is 0 Å². The van der Waals surface area contributed by atoms with Gasteiger partial charge in [-0.25, -0.2) is 18.2 Å². The lowest BCUT2D eigenvalue weighted by molar-refractivity contribution is 0.0701. The molecule has 0 aromatic carbocycles. The number of thiophene rings is 1. The Morgan fingerprint density at radius 3 is 2.60 bits per heavy atom. The van der Waals surface area contributed by atoms with Crippen molar-refractivity contribution in [1.29, 1.82) is 0 Å². The molecule has 2 aromatic rings. The Morgan fingerprint density at radius 1 is 1.50 bits per heavy atom. The van der Waals surface area contributed by atoms with E-state index in [2.05, 4.69) is 25.6 Å². The van der Waals surface area contributed by atoms with Crippen LogP contribution in [-0.2, 0) is 10.0 Å². The van der Waals surface area contributed by atoms with E-state index in [1.54, 1.807) is 0 Å².